The predicted octanol–water partition coefficient (Wildman–Crippen LogP) is 4.51. The molecule has 7 heteroatoms. The van der Waals surface area contributed by atoms with Gasteiger partial charge in [0.05, 0.1) is 30.9 Å². The molecule has 0 aliphatic rings. The Morgan fingerprint density at radius 2 is 2.09 bits per heavy atom. The number of nitrogens with zero attached hydrogens (tertiary/aromatic N) is 2. The summed E-state index contributed by atoms with van der Waals surface area (Å²) in [7, 11) is 0. The highest BCUT2D eigenvalue weighted by molar-refractivity contribution is 7.18. The topological polar surface area (TPSA) is 68.1 Å². The molecule has 0 saturated carbocycles. The van der Waals surface area contributed by atoms with E-state index < -0.39 is 4.92 Å². The average Bonchev–Trinajstić information content (AvgIpc) is 2.91. The van der Waals surface area contributed by atoms with Crippen LogP contribution in [0.3, 0.4) is 0 Å². The summed E-state index contributed by atoms with van der Waals surface area (Å²) in [6, 6.07) is 12.4. The van der Waals surface area contributed by atoms with Crippen molar-refractivity contribution in [2.75, 3.05) is 11.9 Å². The molecule has 1 heterocycles. The van der Waals surface area contributed by atoms with E-state index in [9.17, 15) is 10.1 Å². The maximum absolute atomic E-state index is 10.7. The molecule has 0 fully saturated rings. The number of aromatic nitrogens is 1. The largest absolute Gasteiger partial charge is 0.383 e. The van der Waals surface area contributed by atoms with Gasteiger partial charge in [0, 0.05) is 25.1 Å². The summed E-state index contributed by atoms with van der Waals surface area (Å²) >= 11 is 7.71. The number of halogens is 1. The Kier molecular flexibility index (Phi) is 4.22. The van der Waals surface area contributed by atoms with Crippen molar-refractivity contribution in [3.05, 3.63) is 62.6 Å². The Labute approximate surface area is 135 Å². The van der Waals surface area contributed by atoms with Crippen molar-refractivity contribution in [1.29, 1.82) is 0 Å². The Bertz CT molecular complexity index is 802. The first-order valence-corrected chi connectivity index (χ1v) is 7.85. The van der Waals surface area contributed by atoms with Gasteiger partial charge in [-0.25, -0.2) is 4.98 Å². The summed E-state index contributed by atoms with van der Waals surface area (Å²) in [4.78, 5) is 14.8. The Balaban J connectivity index is 1.64. The normalized spacial score (nSPS) is 10.8. The Hall–Kier alpha value is -2.18. The van der Waals surface area contributed by atoms with Gasteiger partial charge in [-0.15, -0.1) is 11.3 Å². The first kappa shape index (κ1) is 14.7. The molecular formula is C15H12ClN3O2S. The SMILES string of the molecule is O=[N+]([O-])c1ccc(NCCc2nc3ccccc3s2)c(Cl)c1. The quantitative estimate of drug-likeness (QED) is 0.551. The molecule has 22 heavy (non-hydrogen) atoms. The second-order valence-electron chi connectivity index (χ2n) is 4.67. The monoisotopic (exact) mass is 333 g/mol. The number of rotatable bonds is 5. The minimum atomic E-state index is -0.462. The Morgan fingerprint density at radius 1 is 1.27 bits per heavy atom. The first-order chi connectivity index (χ1) is 10.6. The van der Waals surface area contributed by atoms with Crippen molar-refractivity contribution in [1.82, 2.24) is 4.98 Å². The number of anilines is 1. The molecule has 0 amide bonds. The number of fused-ring (bicyclic) bond motifs is 1. The number of hydrogen-bond acceptors (Lipinski definition) is 5. The van der Waals surface area contributed by atoms with Gasteiger partial charge >= 0.3 is 0 Å². The molecule has 3 aromatic rings. The zero-order chi connectivity index (χ0) is 15.5. The van der Waals surface area contributed by atoms with E-state index in [-0.39, 0.29) is 5.69 Å². The maximum atomic E-state index is 10.7. The van der Waals surface area contributed by atoms with Gasteiger partial charge < -0.3 is 5.32 Å². The van der Waals surface area contributed by atoms with Crippen LogP contribution in [-0.4, -0.2) is 16.5 Å². The van der Waals surface area contributed by atoms with Crippen molar-refractivity contribution >= 4 is 44.5 Å². The van der Waals surface area contributed by atoms with E-state index in [2.05, 4.69) is 16.4 Å². The van der Waals surface area contributed by atoms with Crippen LogP contribution in [0.15, 0.2) is 42.5 Å². The third-order valence-corrected chi connectivity index (χ3v) is 4.56. The lowest BCUT2D eigenvalue weighted by atomic mass is 10.2. The standard InChI is InChI=1S/C15H12ClN3O2S/c16-11-9-10(19(20)21)5-6-12(11)17-8-7-15-18-13-3-1-2-4-14(13)22-15/h1-6,9,17H,7-8H2. The Morgan fingerprint density at radius 3 is 2.82 bits per heavy atom. The van der Waals surface area contributed by atoms with Crippen LogP contribution in [0.25, 0.3) is 10.2 Å². The second kappa shape index (κ2) is 6.29. The minimum Gasteiger partial charge on any atom is -0.383 e. The van der Waals surface area contributed by atoms with Crippen molar-refractivity contribution < 1.29 is 4.92 Å². The van der Waals surface area contributed by atoms with Gasteiger partial charge in [0.25, 0.3) is 5.69 Å². The molecule has 0 aliphatic heterocycles. The highest BCUT2D eigenvalue weighted by atomic mass is 35.5. The number of nitro groups is 1. The molecule has 1 N–H and O–H groups in total. The van der Waals surface area contributed by atoms with Crippen molar-refractivity contribution in [3.63, 3.8) is 0 Å². The number of benzene rings is 2. The molecule has 0 saturated heterocycles. The molecular weight excluding hydrogens is 322 g/mol. The summed E-state index contributed by atoms with van der Waals surface area (Å²) in [6.07, 6.45) is 0.770. The van der Waals surface area contributed by atoms with Crippen LogP contribution >= 0.6 is 22.9 Å². The zero-order valence-corrected chi connectivity index (χ0v) is 13.0. The van der Waals surface area contributed by atoms with Crippen LogP contribution in [0, 0.1) is 10.1 Å². The number of para-hydroxylation sites is 1. The fraction of sp³-hybridized carbons (Fsp3) is 0.133. The molecule has 0 radical (unpaired) electrons. The number of nitrogens with one attached hydrogen (secondary N) is 1. The summed E-state index contributed by atoms with van der Waals surface area (Å²) in [6.45, 7) is 0.664. The van der Waals surface area contributed by atoms with E-state index in [1.54, 1.807) is 17.4 Å². The third-order valence-electron chi connectivity index (χ3n) is 3.16. The molecule has 112 valence electrons. The zero-order valence-electron chi connectivity index (χ0n) is 11.5. The van der Waals surface area contributed by atoms with Crippen LogP contribution in [0.1, 0.15) is 5.01 Å². The van der Waals surface area contributed by atoms with E-state index in [0.29, 0.717) is 17.3 Å². The second-order valence-corrected chi connectivity index (χ2v) is 6.20. The van der Waals surface area contributed by atoms with Crippen LogP contribution < -0.4 is 5.32 Å². The number of non-ortho nitro benzene ring substituents is 1. The third kappa shape index (κ3) is 3.18. The van der Waals surface area contributed by atoms with Crippen LogP contribution in [0.4, 0.5) is 11.4 Å². The van der Waals surface area contributed by atoms with Crippen LogP contribution in [0.5, 0.6) is 0 Å². The maximum Gasteiger partial charge on any atom is 0.271 e. The highest BCUT2D eigenvalue weighted by Crippen LogP contribution is 2.27. The summed E-state index contributed by atoms with van der Waals surface area (Å²) in [5, 5.41) is 15.2. The average molecular weight is 334 g/mol. The summed E-state index contributed by atoms with van der Waals surface area (Å²) in [5.41, 5.74) is 1.69. The van der Waals surface area contributed by atoms with Crippen molar-refractivity contribution in [3.8, 4) is 0 Å². The highest BCUT2D eigenvalue weighted by Gasteiger charge is 2.09. The smallest absolute Gasteiger partial charge is 0.271 e. The van der Waals surface area contributed by atoms with E-state index in [1.165, 1.54) is 16.8 Å². The van der Waals surface area contributed by atoms with Crippen molar-refractivity contribution in [2.24, 2.45) is 0 Å². The van der Waals surface area contributed by atoms with Gasteiger partial charge in [-0.05, 0) is 18.2 Å². The van der Waals surface area contributed by atoms with Gasteiger partial charge in [0.15, 0.2) is 0 Å². The van der Waals surface area contributed by atoms with Gasteiger partial charge in [-0.3, -0.25) is 10.1 Å². The molecule has 0 aliphatic carbocycles. The molecule has 5 nitrogen and oxygen atoms in total. The molecule has 0 bridgehead atoms. The fourth-order valence-electron chi connectivity index (χ4n) is 2.09. The van der Waals surface area contributed by atoms with Gasteiger partial charge in [0.1, 0.15) is 0 Å². The molecule has 0 unspecified atom stereocenters. The number of thiazole rings is 1. The number of hydrogen-bond donors (Lipinski definition) is 1. The molecule has 0 spiro atoms. The lowest BCUT2D eigenvalue weighted by Gasteiger charge is -2.06. The molecule has 1 aromatic heterocycles. The van der Waals surface area contributed by atoms with Gasteiger partial charge in [0.2, 0.25) is 0 Å². The lowest BCUT2D eigenvalue weighted by molar-refractivity contribution is -0.384. The van der Waals surface area contributed by atoms with Gasteiger partial charge in [-0.1, -0.05) is 23.7 Å². The molecule has 0 atom stereocenters. The predicted molar refractivity (Wildman–Crippen MR) is 89.9 cm³/mol. The van der Waals surface area contributed by atoms with Crippen LogP contribution in [0.2, 0.25) is 5.02 Å². The molecule has 3 rings (SSSR count). The minimum absolute atomic E-state index is 0.0123. The van der Waals surface area contributed by atoms with E-state index in [0.717, 1.165) is 16.9 Å². The summed E-state index contributed by atoms with van der Waals surface area (Å²) < 4.78 is 1.17. The number of nitro benzene ring substituents is 1. The van der Waals surface area contributed by atoms with E-state index in [4.69, 9.17) is 11.6 Å². The van der Waals surface area contributed by atoms with Crippen molar-refractivity contribution in [2.45, 2.75) is 6.42 Å². The fourth-order valence-corrected chi connectivity index (χ4v) is 3.30. The lowest BCUT2D eigenvalue weighted by Crippen LogP contribution is -2.05. The van der Waals surface area contributed by atoms with Gasteiger partial charge in [-0.2, -0.15) is 0 Å². The molecule has 2 aromatic carbocycles. The van der Waals surface area contributed by atoms with Crippen LogP contribution in [-0.2, 0) is 6.42 Å². The van der Waals surface area contributed by atoms with E-state index in [1.807, 2.05) is 18.2 Å². The summed E-state index contributed by atoms with van der Waals surface area (Å²) in [5.74, 6) is 0. The first-order valence-electron chi connectivity index (χ1n) is 6.66. The van der Waals surface area contributed by atoms with E-state index >= 15 is 0 Å².